The summed E-state index contributed by atoms with van der Waals surface area (Å²) in [5.41, 5.74) is 0. The third kappa shape index (κ3) is 5.17. The van der Waals surface area contributed by atoms with Crippen molar-refractivity contribution in [3.63, 3.8) is 0 Å². The summed E-state index contributed by atoms with van der Waals surface area (Å²) in [5, 5.41) is 5.78. The van der Waals surface area contributed by atoms with Crippen molar-refractivity contribution < 1.29 is 18.0 Å². The lowest BCUT2D eigenvalue weighted by Gasteiger charge is -2.32. The van der Waals surface area contributed by atoms with Gasteiger partial charge in [0.2, 0.25) is 21.8 Å². The van der Waals surface area contributed by atoms with E-state index >= 15 is 0 Å². The van der Waals surface area contributed by atoms with Gasteiger partial charge in [-0.1, -0.05) is 12.8 Å². The predicted octanol–water partition coefficient (Wildman–Crippen LogP) is 0.222. The molecule has 0 radical (unpaired) electrons. The molecule has 7 nitrogen and oxygen atoms in total. The van der Waals surface area contributed by atoms with E-state index < -0.39 is 16.1 Å². The maximum Gasteiger partial charge on any atom is 0.243 e. The van der Waals surface area contributed by atoms with E-state index in [1.165, 1.54) is 17.5 Å². The van der Waals surface area contributed by atoms with Crippen LogP contribution in [0.3, 0.4) is 0 Å². The van der Waals surface area contributed by atoms with Crippen LogP contribution in [-0.2, 0) is 19.6 Å². The lowest BCUT2D eigenvalue weighted by atomic mass is 9.96. The van der Waals surface area contributed by atoms with Crippen LogP contribution in [0.15, 0.2) is 0 Å². The zero-order valence-electron chi connectivity index (χ0n) is 13.9. The molecule has 23 heavy (non-hydrogen) atoms. The molecule has 1 aliphatic carbocycles. The Bertz CT molecular complexity index is 535. The van der Waals surface area contributed by atoms with E-state index in [2.05, 4.69) is 10.6 Å². The lowest BCUT2D eigenvalue weighted by molar-refractivity contribution is -0.130. The Labute approximate surface area is 138 Å². The SMILES string of the molecule is CC(=O)N[C@@H](C(=O)NC1CCN(S(C)(=O)=O)CC1)C1CCCC1. The number of amides is 2. The number of nitrogens with zero attached hydrogens (tertiary/aromatic N) is 1. The van der Waals surface area contributed by atoms with Gasteiger partial charge in [0.1, 0.15) is 6.04 Å². The van der Waals surface area contributed by atoms with Crippen molar-refractivity contribution in [2.24, 2.45) is 5.92 Å². The predicted molar refractivity (Wildman–Crippen MR) is 87.1 cm³/mol. The molecule has 1 aliphatic heterocycles. The van der Waals surface area contributed by atoms with E-state index in [1.54, 1.807) is 0 Å². The Morgan fingerprint density at radius 3 is 2.13 bits per heavy atom. The van der Waals surface area contributed by atoms with Gasteiger partial charge in [-0.3, -0.25) is 9.59 Å². The van der Waals surface area contributed by atoms with Crippen molar-refractivity contribution in [2.45, 2.75) is 57.5 Å². The molecule has 0 spiro atoms. The first-order valence-corrected chi connectivity index (χ1v) is 10.1. The molecule has 2 N–H and O–H groups in total. The highest BCUT2D eigenvalue weighted by Gasteiger charge is 2.33. The molecule has 8 heteroatoms. The average molecular weight is 345 g/mol. The quantitative estimate of drug-likeness (QED) is 0.745. The van der Waals surface area contributed by atoms with Crippen LogP contribution in [0, 0.1) is 5.92 Å². The van der Waals surface area contributed by atoms with E-state index in [0.29, 0.717) is 25.9 Å². The molecule has 2 amide bonds. The summed E-state index contributed by atoms with van der Waals surface area (Å²) in [5.74, 6) is -0.121. The molecule has 2 aliphatic rings. The number of hydrogen-bond donors (Lipinski definition) is 2. The summed E-state index contributed by atoms with van der Waals surface area (Å²) in [4.78, 5) is 24.0. The van der Waals surface area contributed by atoms with Crippen molar-refractivity contribution >= 4 is 21.8 Å². The van der Waals surface area contributed by atoms with Crippen LogP contribution >= 0.6 is 0 Å². The van der Waals surface area contributed by atoms with Gasteiger partial charge >= 0.3 is 0 Å². The van der Waals surface area contributed by atoms with Gasteiger partial charge in [-0.05, 0) is 31.6 Å². The topological polar surface area (TPSA) is 95.6 Å². The maximum absolute atomic E-state index is 12.6. The van der Waals surface area contributed by atoms with Crippen LogP contribution in [0.2, 0.25) is 0 Å². The van der Waals surface area contributed by atoms with Crippen molar-refractivity contribution in [2.75, 3.05) is 19.3 Å². The highest BCUT2D eigenvalue weighted by Crippen LogP contribution is 2.28. The Hall–Kier alpha value is -1.15. The fourth-order valence-electron chi connectivity index (χ4n) is 3.53. The fraction of sp³-hybridized carbons (Fsp3) is 0.867. The van der Waals surface area contributed by atoms with E-state index in [-0.39, 0.29) is 23.8 Å². The van der Waals surface area contributed by atoms with E-state index in [9.17, 15) is 18.0 Å². The van der Waals surface area contributed by atoms with Gasteiger partial charge in [0, 0.05) is 26.1 Å². The minimum Gasteiger partial charge on any atom is -0.351 e. The molecule has 1 heterocycles. The molecule has 0 aromatic heterocycles. The third-order valence-electron chi connectivity index (χ3n) is 4.78. The van der Waals surface area contributed by atoms with Crippen LogP contribution < -0.4 is 10.6 Å². The van der Waals surface area contributed by atoms with Crippen LogP contribution in [0.1, 0.15) is 45.4 Å². The van der Waals surface area contributed by atoms with E-state index in [4.69, 9.17) is 0 Å². The minimum absolute atomic E-state index is 0.0295. The molecule has 2 fully saturated rings. The van der Waals surface area contributed by atoms with Crippen molar-refractivity contribution in [1.82, 2.24) is 14.9 Å². The normalized spacial score (nSPS) is 22.7. The summed E-state index contributed by atoms with van der Waals surface area (Å²) >= 11 is 0. The highest BCUT2D eigenvalue weighted by atomic mass is 32.2. The lowest BCUT2D eigenvalue weighted by Crippen LogP contribution is -2.54. The first-order chi connectivity index (χ1) is 10.8. The van der Waals surface area contributed by atoms with Gasteiger partial charge in [0.05, 0.1) is 6.26 Å². The van der Waals surface area contributed by atoms with E-state index in [1.807, 2.05) is 0 Å². The van der Waals surface area contributed by atoms with E-state index in [0.717, 1.165) is 25.7 Å². The fourth-order valence-corrected chi connectivity index (χ4v) is 4.40. The Morgan fingerprint density at radius 2 is 1.65 bits per heavy atom. The second-order valence-corrected chi connectivity index (χ2v) is 8.65. The summed E-state index contributed by atoms with van der Waals surface area (Å²) in [6.45, 7) is 2.29. The number of rotatable bonds is 5. The summed E-state index contributed by atoms with van der Waals surface area (Å²) in [6, 6.07) is -0.499. The van der Waals surface area contributed by atoms with Gasteiger partial charge in [0.25, 0.3) is 0 Å². The first-order valence-electron chi connectivity index (χ1n) is 8.30. The van der Waals surface area contributed by atoms with Crippen LogP contribution in [0.25, 0.3) is 0 Å². The van der Waals surface area contributed by atoms with Crippen molar-refractivity contribution in [3.05, 3.63) is 0 Å². The van der Waals surface area contributed by atoms with Gasteiger partial charge < -0.3 is 10.6 Å². The molecule has 0 bridgehead atoms. The summed E-state index contributed by atoms with van der Waals surface area (Å²) in [6.07, 6.45) is 6.54. The van der Waals surface area contributed by atoms with Crippen LogP contribution in [-0.4, -0.2) is 56.0 Å². The Kier molecular flexibility index (Phi) is 6.02. The average Bonchev–Trinajstić information content (AvgIpc) is 2.98. The van der Waals surface area contributed by atoms with Crippen molar-refractivity contribution in [3.8, 4) is 0 Å². The zero-order chi connectivity index (χ0) is 17.0. The smallest absolute Gasteiger partial charge is 0.243 e. The zero-order valence-corrected chi connectivity index (χ0v) is 14.7. The molecule has 0 unspecified atom stereocenters. The minimum atomic E-state index is -3.16. The van der Waals surface area contributed by atoms with Gasteiger partial charge in [-0.15, -0.1) is 0 Å². The number of piperidine rings is 1. The standard InChI is InChI=1S/C15H27N3O4S/c1-11(19)16-14(12-5-3-4-6-12)15(20)17-13-7-9-18(10-8-13)23(2,21)22/h12-14H,3-10H2,1-2H3,(H,16,19)(H,17,20)/t14-/m1/s1. The number of carbonyl (C=O) groups is 2. The molecule has 1 saturated heterocycles. The van der Waals surface area contributed by atoms with Crippen LogP contribution in [0.5, 0.6) is 0 Å². The summed E-state index contributed by atoms with van der Waals surface area (Å²) in [7, 11) is -3.16. The number of sulfonamides is 1. The van der Waals surface area contributed by atoms with Gasteiger partial charge in [-0.2, -0.15) is 0 Å². The Morgan fingerprint density at radius 1 is 1.09 bits per heavy atom. The highest BCUT2D eigenvalue weighted by molar-refractivity contribution is 7.88. The number of nitrogens with one attached hydrogen (secondary N) is 2. The first kappa shape index (κ1) is 18.2. The molecule has 2 rings (SSSR count). The molecule has 0 aromatic rings. The molecule has 0 aromatic carbocycles. The van der Waals surface area contributed by atoms with Crippen molar-refractivity contribution in [1.29, 1.82) is 0 Å². The van der Waals surface area contributed by atoms with Gasteiger partial charge in [0.15, 0.2) is 0 Å². The molecular formula is C15H27N3O4S. The second-order valence-electron chi connectivity index (χ2n) is 6.67. The number of carbonyl (C=O) groups excluding carboxylic acids is 2. The maximum atomic E-state index is 12.6. The number of hydrogen-bond acceptors (Lipinski definition) is 4. The Balaban J connectivity index is 1.90. The van der Waals surface area contributed by atoms with Crippen LogP contribution in [0.4, 0.5) is 0 Å². The summed E-state index contributed by atoms with van der Waals surface area (Å²) < 4.78 is 24.5. The van der Waals surface area contributed by atoms with Gasteiger partial charge in [-0.25, -0.2) is 12.7 Å². The molecule has 1 atom stereocenters. The largest absolute Gasteiger partial charge is 0.351 e. The molecular weight excluding hydrogens is 318 g/mol. The second kappa shape index (κ2) is 7.61. The molecule has 132 valence electrons. The third-order valence-corrected chi connectivity index (χ3v) is 6.08. The monoisotopic (exact) mass is 345 g/mol. The molecule has 1 saturated carbocycles.